The number of aromatic nitrogens is 1. The summed E-state index contributed by atoms with van der Waals surface area (Å²) in [6.07, 6.45) is 3.10. The highest BCUT2D eigenvalue weighted by atomic mass is 16.4. The SMILES string of the molecule is CC(=O)N[C@@H](C)c1ccc(-c2cnc(Nc3ccc(N)c(C=[NH2+])c3)o2)cc1. The lowest BCUT2D eigenvalue weighted by atomic mass is 10.1. The molecule has 0 saturated carbocycles. The Hall–Kier alpha value is -3.61. The summed E-state index contributed by atoms with van der Waals surface area (Å²) >= 11 is 0. The van der Waals surface area contributed by atoms with Gasteiger partial charge in [-0.05, 0) is 30.7 Å². The van der Waals surface area contributed by atoms with E-state index in [1.54, 1.807) is 12.3 Å². The minimum Gasteiger partial charge on any atom is -0.423 e. The number of nitrogens with one attached hydrogen (secondary N) is 2. The van der Waals surface area contributed by atoms with E-state index in [1.807, 2.05) is 43.3 Å². The second-order valence-electron chi connectivity index (χ2n) is 6.21. The molecular weight excluding hydrogens is 342 g/mol. The third-order valence-corrected chi connectivity index (χ3v) is 4.14. The number of hydrogen-bond donors (Lipinski definition) is 4. The van der Waals surface area contributed by atoms with Crippen LogP contribution in [0, 0.1) is 0 Å². The van der Waals surface area contributed by atoms with E-state index >= 15 is 0 Å². The molecule has 3 aromatic rings. The molecule has 1 aromatic heterocycles. The van der Waals surface area contributed by atoms with Crippen molar-refractivity contribution in [1.82, 2.24) is 10.3 Å². The van der Waals surface area contributed by atoms with E-state index in [0.717, 1.165) is 22.4 Å². The van der Waals surface area contributed by atoms with Gasteiger partial charge >= 0.3 is 0 Å². The first-order valence-corrected chi connectivity index (χ1v) is 8.51. The van der Waals surface area contributed by atoms with Crippen molar-refractivity contribution in [2.24, 2.45) is 0 Å². The average Bonchev–Trinajstić information content (AvgIpc) is 3.11. The van der Waals surface area contributed by atoms with Crippen molar-refractivity contribution in [2.75, 3.05) is 11.1 Å². The van der Waals surface area contributed by atoms with Gasteiger partial charge in [-0.2, -0.15) is 0 Å². The zero-order valence-corrected chi connectivity index (χ0v) is 15.2. The van der Waals surface area contributed by atoms with Gasteiger partial charge in [0.05, 0.1) is 17.8 Å². The number of rotatable bonds is 6. The van der Waals surface area contributed by atoms with Gasteiger partial charge in [-0.15, -0.1) is 0 Å². The lowest BCUT2D eigenvalue weighted by Gasteiger charge is -2.12. The topological polar surface area (TPSA) is 119 Å². The van der Waals surface area contributed by atoms with Gasteiger partial charge in [0.1, 0.15) is 0 Å². The average molecular weight is 364 g/mol. The van der Waals surface area contributed by atoms with E-state index in [9.17, 15) is 4.79 Å². The van der Waals surface area contributed by atoms with E-state index in [1.165, 1.54) is 13.1 Å². The summed E-state index contributed by atoms with van der Waals surface area (Å²) in [7, 11) is 0. The Labute approximate surface area is 157 Å². The van der Waals surface area contributed by atoms with Gasteiger partial charge in [0.25, 0.3) is 6.01 Å². The van der Waals surface area contributed by atoms with Gasteiger partial charge < -0.3 is 20.8 Å². The minimum atomic E-state index is -0.0596. The van der Waals surface area contributed by atoms with Crippen molar-refractivity contribution in [3.8, 4) is 11.3 Å². The molecule has 0 aliphatic carbocycles. The molecule has 1 atom stereocenters. The molecule has 7 nitrogen and oxygen atoms in total. The Morgan fingerprint density at radius 3 is 2.67 bits per heavy atom. The Bertz CT molecular complexity index is 963. The number of nitrogens with two attached hydrogens (primary N) is 2. The van der Waals surface area contributed by atoms with Crippen LogP contribution in [-0.4, -0.2) is 17.1 Å². The van der Waals surface area contributed by atoms with Gasteiger partial charge in [-0.1, -0.05) is 24.3 Å². The van der Waals surface area contributed by atoms with E-state index in [-0.39, 0.29) is 11.9 Å². The summed E-state index contributed by atoms with van der Waals surface area (Å²) < 4.78 is 5.78. The molecule has 138 valence electrons. The predicted molar refractivity (Wildman–Crippen MR) is 105 cm³/mol. The molecule has 2 aromatic carbocycles. The maximum absolute atomic E-state index is 11.2. The van der Waals surface area contributed by atoms with Crippen LogP contribution in [0.25, 0.3) is 11.3 Å². The lowest BCUT2D eigenvalue weighted by Crippen LogP contribution is -2.30. The van der Waals surface area contributed by atoms with Crippen molar-refractivity contribution in [3.63, 3.8) is 0 Å². The van der Waals surface area contributed by atoms with Gasteiger partial charge in [0.15, 0.2) is 12.0 Å². The molecule has 0 aliphatic rings. The monoisotopic (exact) mass is 364 g/mol. The number of amides is 1. The minimum absolute atomic E-state index is 0.0532. The quantitative estimate of drug-likeness (QED) is 0.394. The number of anilines is 3. The lowest BCUT2D eigenvalue weighted by molar-refractivity contribution is -0.119. The van der Waals surface area contributed by atoms with Crippen LogP contribution in [0.1, 0.15) is 31.0 Å². The maximum atomic E-state index is 11.2. The molecule has 6 N–H and O–H groups in total. The van der Waals surface area contributed by atoms with Crippen molar-refractivity contribution < 1.29 is 14.6 Å². The Kier molecular flexibility index (Phi) is 5.21. The molecule has 0 spiro atoms. The van der Waals surface area contributed by atoms with Gasteiger partial charge in [0, 0.05) is 23.9 Å². The second-order valence-corrected chi connectivity index (χ2v) is 6.21. The third kappa shape index (κ3) is 4.33. The maximum Gasteiger partial charge on any atom is 0.299 e. The summed E-state index contributed by atoms with van der Waals surface area (Å²) in [6.45, 7) is 3.44. The summed E-state index contributed by atoms with van der Waals surface area (Å²) in [5.41, 5.74) is 9.84. The van der Waals surface area contributed by atoms with Crippen LogP contribution in [-0.2, 0) is 4.79 Å². The highest BCUT2D eigenvalue weighted by molar-refractivity contribution is 5.85. The number of nitrogen functional groups attached to an aromatic ring is 1. The molecule has 1 heterocycles. The molecule has 0 fully saturated rings. The summed E-state index contributed by atoms with van der Waals surface area (Å²) in [5.74, 6) is 0.577. The van der Waals surface area contributed by atoms with Crippen LogP contribution in [0.3, 0.4) is 0 Å². The number of nitrogens with zero attached hydrogens (tertiary/aromatic N) is 1. The first-order valence-electron chi connectivity index (χ1n) is 8.51. The van der Waals surface area contributed by atoms with Crippen LogP contribution in [0.2, 0.25) is 0 Å². The van der Waals surface area contributed by atoms with Crippen LogP contribution in [0.5, 0.6) is 0 Å². The van der Waals surface area contributed by atoms with Gasteiger partial charge in [-0.25, -0.2) is 4.98 Å². The second kappa shape index (κ2) is 7.74. The number of carbonyl (C=O) groups excluding carboxylic acids is 1. The smallest absolute Gasteiger partial charge is 0.299 e. The molecule has 3 rings (SSSR count). The fraction of sp³-hybridized carbons (Fsp3) is 0.150. The molecule has 0 unspecified atom stereocenters. The largest absolute Gasteiger partial charge is 0.423 e. The summed E-state index contributed by atoms with van der Waals surface area (Å²) in [6, 6.07) is 13.5. The first kappa shape index (κ1) is 18.2. The van der Waals surface area contributed by atoms with Crippen molar-refractivity contribution in [2.45, 2.75) is 19.9 Å². The van der Waals surface area contributed by atoms with Crippen LogP contribution in [0.4, 0.5) is 17.4 Å². The van der Waals surface area contributed by atoms with Crippen molar-refractivity contribution in [3.05, 3.63) is 59.8 Å². The zero-order valence-electron chi connectivity index (χ0n) is 15.2. The Morgan fingerprint density at radius 2 is 2.00 bits per heavy atom. The molecule has 27 heavy (non-hydrogen) atoms. The van der Waals surface area contributed by atoms with E-state index in [0.29, 0.717) is 17.5 Å². The third-order valence-electron chi connectivity index (χ3n) is 4.14. The predicted octanol–water partition coefficient (Wildman–Crippen LogP) is 2.04. The summed E-state index contributed by atoms with van der Waals surface area (Å²) in [4.78, 5) is 15.4. The highest BCUT2D eigenvalue weighted by Crippen LogP contribution is 2.26. The van der Waals surface area contributed by atoms with Gasteiger partial charge in [-0.3, -0.25) is 10.2 Å². The Morgan fingerprint density at radius 1 is 1.26 bits per heavy atom. The molecular formula is C20H22N5O2+. The van der Waals surface area contributed by atoms with E-state index in [4.69, 9.17) is 15.6 Å². The molecule has 1 amide bonds. The fourth-order valence-electron chi connectivity index (χ4n) is 2.71. The van der Waals surface area contributed by atoms with Crippen LogP contribution < -0.4 is 21.8 Å². The standard InChI is InChI=1S/C20H21N5O2/c1-12(24-13(2)26)14-3-5-15(6-4-14)19-11-23-20(27-19)25-17-7-8-18(22)16(9-17)10-21/h3-12,21H,22H2,1-2H3,(H,23,25)(H,24,26)/p+1/t12-/m0/s1. The number of benzene rings is 2. The van der Waals surface area contributed by atoms with Gasteiger partial charge in [0.2, 0.25) is 5.91 Å². The van der Waals surface area contributed by atoms with E-state index < -0.39 is 0 Å². The zero-order chi connectivity index (χ0) is 19.4. The van der Waals surface area contributed by atoms with Crippen LogP contribution in [0.15, 0.2) is 53.1 Å². The molecule has 0 bridgehead atoms. The van der Waals surface area contributed by atoms with E-state index in [2.05, 4.69) is 15.6 Å². The number of oxazole rings is 1. The number of carbonyl (C=O) groups is 1. The highest BCUT2D eigenvalue weighted by Gasteiger charge is 2.10. The normalized spacial score (nSPS) is 11.6. The molecule has 7 heteroatoms. The molecule has 0 radical (unpaired) electrons. The molecule has 0 saturated heterocycles. The fourth-order valence-corrected chi connectivity index (χ4v) is 2.71. The van der Waals surface area contributed by atoms with Crippen molar-refractivity contribution in [1.29, 1.82) is 0 Å². The Balaban J connectivity index is 1.74. The molecule has 0 aliphatic heterocycles. The van der Waals surface area contributed by atoms with Crippen molar-refractivity contribution >= 4 is 29.5 Å². The summed E-state index contributed by atoms with van der Waals surface area (Å²) in [5, 5.41) is 11.5. The first-order chi connectivity index (χ1) is 13.0. The number of hydrogen-bond acceptors (Lipinski definition) is 5. The van der Waals surface area contributed by atoms with Crippen LogP contribution >= 0.6 is 0 Å².